The first-order valence-corrected chi connectivity index (χ1v) is 5.65. The molecule has 3 nitrogen and oxygen atoms in total. The molecule has 0 spiro atoms. The SMILES string of the molecule is CCNC(COC)Cc1ccc(OC)cc1. The van der Waals surface area contributed by atoms with Crippen molar-refractivity contribution in [3.05, 3.63) is 29.8 Å². The van der Waals surface area contributed by atoms with Crippen LogP contribution in [0.3, 0.4) is 0 Å². The number of hydrogen-bond donors (Lipinski definition) is 1. The average Bonchev–Trinajstić information content (AvgIpc) is 2.31. The predicted molar refractivity (Wildman–Crippen MR) is 66.0 cm³/mol. The van der Waals surface area contributed by atoms with Gasteiger partial charge in [0.15, 0.2) is 0 Å². The average molecular weight is 223 g/mol. The van der Waals surface area contributed by atoms with Crippen LogP contribution in [0.5, 0.6) is 5.75 Å². The van der Waals surface area contributed by atoms with Crippen molar-refractivity contribution in [2.75, 3.05) is 27.4 Å². The Balaban J connectivity index is 2.54. The van der Waals surface area contributed by atoms with Crippen LogP contribution in [0, 0.1) is 0 Å². The first kappa shape index (κ1) is 13.0. The van der Waals surface area contributed by atoms with Gasteiger partial charge in [-0.1, -0.05) is 19.1 Å². The van der Waals surface area contributed by atoms with Gasteiger partial charge in [0.2, 0.25) is 0 Å². The number of rotatable bonds is 7. The summed E-state index contributed by atoms with van der Waals surface area (Å²) in [6.45, 7) is 3.81. The van der Waals surface area contributed by atoms with E-state index in [-0.39, 0.29) is 0 Å². The molecule has 0 aliphatic rings. The first-order chi connectivity index (χ1) is 7.80. The summed E-state index contributed by atoms with van der Waals surface area (Å²) in [4.78, 5) is 0. The largest absolute Gasteiger partial charge is 0.497 e. The highest BCUT2D eigenvalue weighted by Crippen LogP contribution is 2.12. The highest BCUT2D eigenvalue weighted by Gasteiger charge is 2.07. The molecule has 0 saturated heterocycles. The Labute approximate surface area is 97.8 Å². The fourth-order valence-corrected chi connectivity index (χ4v) is 1.73. The van der Waals surface area contributed by atoms with Crippen molar-refractivity contribution in [3.8, 4) is 5.75 Å². The van der Waals surface area contributed by atoms with Gasteiger partial charge in [-0.3, -0.25) is 0 Å². The first-order valence-electron chi connectivity index (χ1n) is 5.65. The third-order valence-electron chi connectivity index (χ3n) is 2.50. The van der Waals surface area contributed by atoms with Crippen molar-refractivity contribution in [2.45, 2.75) is 19.4 Å². The standard InChI is InChI=1S/C13H21NO2/c1-4-14-12(10-15-2)9-11-5-7-13(16-3)8-6-11/h5-8,12,14H,4,9-10H2,1-3H3. The highest BCUT2D eigenvalue weighted by molar-refractivity contribution is 5.27. The molecule has 1 unspecified atom stereocenters. The lowest BCUT2D eigenvalue weighted by molar-refractivity contribution is 0.167. The molecule has 1 atom stereocenters. The second-order valence-corrected chi connectivity index (χ2v) is 3.76. The molecule has 3 heteroatoms. The van der Waals surface area contributed by atoms with Gasteiger partial charge in [0, 0.05) is 13.2 Å². The van der Waals surface area contributed by atoms with Crippen LogP contribution in [0.1, 0.15) is 12.5 Å². The molecule has 1 aromatic rings. The van der Waals surface area contributed by atoms with Crippen LogP contribution in [-0.2, 0) is 11.2 Å². The maximum Gasteiger partial charge on any atom is 0.118 e. The van der Waals surface area contributed by atoms with E-state index < -0.39 is 0 Å². The minimum atomic E-state index is 0.378. The molecule has 0 radical (unpaired) electrons. The topological polar surface area (TPSA) is 30.5 Å². The van der Waals surface area contributed by atoms with Crippen LogP contribution in [0.25, 0.3) is 0 Å². The van der Waals surface area contributed by atoms with E-state index >= 15 is 0 Å². The third kappa shape index (κ3) is 4.21. The molecule has 0 aromatic heterocycles. The second-order valence-electron chi connectivity index (χ2n) is 3.76. The summed E-state index contributed by atoms with van der Waals surface area (Å²) in [5.41, 5.74) is 1.30. The zero-order valence-corrected chi connectivity index (χ0v) is 10.3. The maximum atomic E-state index is 5.19. The van der Waals surface area contributed by atoms with Gasteiger partial charge in [-0.05, 0) is 30.7 Å². The van der Waals surface area contributed by atoms with E-state index in [1.54, 1.807) is 14.2 Å². The maximum absolute atomic E-state index is 5.19. The van der Waals surface area contributed by atoms with E-state index in [0.717, 1.165) is 25.3 Å². The third-order valence-corrected chi connectivity index (χ3v) is 2.50. The molecular weight excluding hydrogens is 202 g/mol. The number of benzene rings is 1. The molecule has 1 aromatic carbocycles. The number of methoxy groups -OCH3 is 2. The Morgan fingerprint density at radius 2 is 1.88 bits per heavy atom. The molecule has 0 saturated carbocycles. The fourth-order valence-electron chi connectivity index (χ4n) is 1.73. The number of likely N-dealkylation sites (N-methyl/N-ethyl adjacent to an activating group) is 1. The molecule has 0 amide bonds. The molecule has 1 rings (SSSR count). The van der Waals surface area contributed by atoms with Gasteiger partial charge in [0.25, 0.3) is 0 Å². The Hall–Kier alpha value is -1.06. The van der Waals surface area contributed by atoms with Gasteiger partial charge in [-0.25, -0.2) is 0 Å². The van der Waals surface area contributed by atoms with Crippen LogP contribution in [-0.4, -0.2) is 33.4 Å². The summed E-state index contributed by atoms with van der Waals surface area (Å²) in [5, 5.41) is 3.40. The van der Waals surface area contributed by atoms with Gasteiger partial charge < -0.3 is 14.8 Å². The van der Waals surface area contributed by atoms with Crippen LogP contribution >= 0.6 is 0 Å². The van der Waals surface area contributed by atoms with E-state index in [4.69, 9.17) is 9.47 Å². The molecule has 0 aliphatic heterocycles. The van der Waals surface area contributed by atoms with Crippen molar-refractivity contribution in [3.63, 3.8) is 0 Å². The van der Waals surface area contributed by atoms with Crippen LogP contribution in [0.4, 0.5) is 0 Å². The van der Waals surface area contributed by atoms with E-state index in [2.05, 4.69) is 24.4 Å². The molecule has 1 N–H and O–H groups in total. The lowest BCUT2D eigenvalue weighted by Crippen LogP contribution is -2.34. The van der Waals surface area contributed by atoms with E-state index in [1.807, 2.05) is 12.1 Å². The Morgan fingerprint density at radius 3 is 2.38 bits per heavy atom. The van der Waals surface area contributed by atoms with E-state index in [0.29, 0.717) is 6.04 Å². The highest BCUT2D eigenvalue weighted by atomic mass is 16.5. The summed E-state index contributed by atoms with van der Waals surface area (Å²) in [6, 6.07) is 8.55. The van der Waals surface area contributed by atoms with Crippen molar-refractivity contribution < 1.29 is 9.47 Å². The van der Waals surface area contributed by atoms with Crippen molar-refractivity contribution in [2.24, 2.45) is 0 Å². The molecule has 0 fully saturated rings. The number of ether oxygens (including phenoxy) is 2. The Bertz CT molecular complexity index is 278. The Morgan fingerprint density at radius 1 is 1.19 bits per heavy atom. The molecular formula is C13H21NO2. The molecule has 16 heavy (non-hydrogen) atoms. The summed E-state index contributed by atoms with van der Waals surface area (Å²) in [7, 11) is 3.42. The lowest BCUT2D eigenvalue weighted by atomic mass is 10.1. The van der Waals surface area contributed by atoms with Crippen LogP contribution in [0.15, 0.2) is 24.3 Å². The molecule has 0 aliphatic carbocycles. The second kappa shape index (κ2) is 7.25. The molecule has 0 bridgehead atoms. The lowest BCUT2D eigenvalue weighted by Gasteiger charge is -2.17. The Kier molecular flexibility index (Phi) is 5.90. The minimum Gasteiger partial charge on any atom is -0.497 e. The smallest absolute Gasteiger partial charge is 0.118 e. The predicted octanol–water partition coefficient (Wildman–Crippen LogP) is 1.86. The monoisotopic (exact) mass is 223 g/mol. The van der Waals surface area contributed by atoms with Crippen LogP contribution < -0.4 is 10.1 Å². The summed E-state index contributed by atoms with van der Waals surface area (Å²) < 4.78 is 10.3. The van der Waals surface area contributed by atoms with Crippen molar-refractivity contribution in [1.29, 1.82) is 0 Å². The van der Waals surface area contributed by atoms with E-state index in [1.165, 1.54) is 5.56 Å². The van der Waals surface area contributed by atoms with Crippen molar-refractivity contribution >= 4 is 0 Å². The van der Waals surface area contributed by atoms with Gasteiger partial charge in [0.1, 0.15) is 5.75 Å². The zero-order chi connectivity index (χ0) is 11.8. The summed E-state index contributed by atoms with van der Waals surface area (Å²) in [6.07, 6.45) is 0.978. The van der Waals surface area contributed by atoms with Gasteiger partial charge in [0.05, 0.1) is 13.7 Å². The van der Waals surface area contributed by atoms with Crippen LogP contribution in [0.2, 0.25) is 0 Å². The number of hydrogen-bond acceptors (Lipinski definition) is 3. The fraction of sp³-hybridized carbons (Fsp3) is 0.538. The normalized spacial score (nSPS) is 12.4. The summed E-state index contributed by atoms with van der Waals surface area (Å²) in [5.74, 6) is 0.899. The van der Waals surface area contributed by atoms with E-state index in [9.17, 15) is 0 Å². The van der Waals surface area contributed by atoms with Gasteiger partial charge in [-0.2, -0.15) is 0 Å². The molecule has 90 valence electrons. The number of nitrogens with one attached hydrogen (secondary N) is 1. The van der Waals surface area contributed by atoms with Crippen molar-refractivity contribution in [1.82, 2.24) is 5.32 Å². The van der Waals surface area contributed by atoms with Gasteiger partial charge in [-0.15, -0.1) is 0 Å². The van der Waals surface area contributed by atoms with Gasteiger partial charge >= 0.3 is 0 Å². The minimum absolute atomic E-state index is 0.378. The summed E-state index contributed by atoms with van der Waals surface area (Å²) >= 11 is 0. The quantitative estimate of drug-likeness (QED) is 0.765. The zero-order valence-electron chi connectivity index (χ0n) is 10.3. The molecule has 0 heterocycles.